The predicted octanol–water partition coefficient (Wildman–Crippen LogP) is 1.78. The molecule has 1 aromatic heterocycles. The van der Waals surface area contributed by atoms with Gasteiger partial charge in [-0.3, -0.25) is 4.98 Å². The molecule has 1 N–H and O–H groups in total. The zero-order chi connectivity index (χ0) is 13.3. The molecule has 0 bridgehead atoms. The Hall–Kier alpha value is -1.65. The van der Waals surface area contributed by atoms with Crippen molar-refractivity contribution < 1.29 is 9.90 Å². The number of carboxylic acid groups (broad SMARTS) is 1. The standard InChI is InChI=1S/C13H19N3O2/c1-8-4-5-16(11(6-8)13(17)18)12-10(3)14-7-9(2)15-12/h7-8,11H,4-6H2,1-3H3,(H,17,18). The Morgan fingerprint density at radius 1 is 1.50 bits per heavy atom. The van der Waals surface area contributed by atoms with Crippen LogP contribution in [0.15, 0.2) is 6.20 Å². The quantitative estimate of drug-likeness (QED) is 0.865. The van der Waals surface area contributed by atoms with E-state index in [0.29, 0.717) is 18.2 Å². The summed E-state index contributed by atoms with van der Waals surface area (Å²) in [7, 11) is 0. The van der Waals surface area contributed by atoms with E-state index >= 15 is 0 Å². The van der Waals surface area contributed by atoms with E-state index in [2.05, 4.69) is 16.9 Å². The molecule has 1 fully saturated rings. The monoisotopic (exact) mass is 249 g/mol. The lowest BCUT2D eigenvalue weighted by Gasteiger charge is -2.37. The third-order valence-electron chi connectivity index (χ3n) is 3.47. The van der Waals surface area contributed by atoms with Gasteiger partial charge in [0.2, 0.25) is 0 Å². The highest BCUT2D eigenvalue weighted by atomic mass is 16.4. The Bertz CT molecular complexity index is 462. The number of nitrogens with zero attached hydrogens (tertiary/aromatic N) is 3. The van der Waals surface area contributed by atoms with Crippen molar-refractivity contribution in [1.82, 2.24) is 9.97 Å². The second-order valence-electron chi connectivity index (χ2n) is 5.10. The van der Waals surface area contributed by atoms with Crippen molar-refractivity contribution in [3.05, 3.63) is 17.6 Å². The normalized spacial score (nSPS) is 24.1. The minimum absolute atomic E-state index is 0.445. The molecule has 98 valence electrons. The van der Waals surface area contributed by atoms with Gasteiger partial charge in [-0.05, 0) is 32.6 Å². The fourth-order valence-electron chi connectivity index (χ4n) is 2.43. The van der Waals surface area contributed by atoms with Crippen molar-refractivity contribution in [2.24, 2.45) is 5.92 Å². The van der Waals surface area contributed by atoms with Gasteiger partial charge in [-0.1, -0.05) is 6.92 Å². The molecule has 5 heteroatoms. The summed E-state index contributed by atoms with van der Waals surface area (Å²) in [6, 6.07) is -0.483. The van der Waals surface area contributed by atoms with E-state index in [-0.39, 0.29) is 0 Å². The maximum absolute atomic E-state index is 11.4. The fourth-order valence-corrected chi connectivity index (χ4v) is 2.43. The van der Waals surface area contributed by atoms with Gasteiger partial charge in [-0.25, -0.2) is 9.78 Å². The van der Waals surface area contributed by atoms with Crippen molar-refractivity contribution in [2.45, 2.75) is 39.7 Å². The average molecular weight is 249 g/mol. The van der Waals surface area contributed by atoms with Gasteiger partial charge >= 0.3 is 5.97 Å². The van der Waals surface area contributed by atoms with Gasteiger partial charge in [0.1, 0.15) is 6.04 Å². The summed E-state index contributed by atoms with van der Waals surface area (Å²) in [5.74, 6) is 0.388. The molecule has 2 rings (SSSR count). The Morgan fingerprint density at radius 2 is 2.22 bits per heavy atom. The summed E-state index contributed by atoms with van der Waals surface area (Å²) < 4.78 is 0. The van der Waals surface area contributed by atoms with Crippen LogP contribution in [0.4, 0.5) is 5.82 Å². The highest BCUT2D eigenvalue weighted by Gasteiger charge is 2.33. The summed E-state index contributed by atoms with van der Waals surface area (Å²) in [6.45, 7) is 6.58. The van der Waals surface area contributed by atoms with Gasteiger partial charge < -0.3 is 10.0 Å². The van der Waals surface area contributed by atoms with Crippen LogP contribution in [0.5, 0.6) is 0 Å². The molecule has 0 aromatic carbocycles. The molecule has 0 aliphatic carbocycles. The SMILES string of the molecule is Cc1cnc(C)c(N2CCC(C)CC2C(=O)O)n1. The Kier molecular flexibility index (Phi) is 3.50. The van der Waals surface area contributed by atoms with Gasteiger partial charge in [0.05, 0.1) is 11.4 Å². The van der Waals surface area contributed by atoms with E-state index in [9.17, 15) is 9.90 Å². The van der Waals surface area contributed by atoms with Crippen molar-refractivity contribution in [1.29, 1.82) is 0 Å². The van der Waals surface area contributed by atoms with Crippen molar-refractivity contribution in [3.8, 4) is 0 Å². The van der Waals surface area contributed by atoms with Gasteiger partial charge in [0.25, 0.3) is 0 Å². The first-order valence-corrected chi connectivity index (χ1v) is 6.28. The molecule has 0 spiro atoms. The summed E-state index contributed by atoms with van der Waals surface area (Å²) in [5, 5.41) is 9.36. The van der Waals surface area contributed by atoms with E-state index < -0.39 is 12.0 Å². The molecule has 0 amide bonds. The number of carboxylic acids is 1. The first kappa shape index (κ1) is 12.8. The Morgan fingerprint density at radius 3 is 2.89 bits per heavy atom. The molecule has 0 radical (unpaired) electrons. The minimum Gasteiger partial charge on any atom is -0.480 e. The van der Waals surface area contributed by atoms with Crippen LogP contribution in [-0.4, -0.2) is 33.6 Å². The maximum Gasteiger partial charge on any atom is 0.326 e. The summed E-state index contributed by atoms with van der Waals surface area (Å²) in [4.78, 5) is 22.0. The molecule has 1 aromatic rings. The molecule has 5 nitrogen and oxygen atoms in total. The number of aliphatic carboxylic acids is 1. The molecule has 0 saturated carbocycles. The summed E-state index contributed by atoms with van der Waals surface area (Å²) in [5.41, 5.74) is 1.61. The lowest BCUT2D eigenvalue weighted by Crippen LogP contribution is -2.47. The topological polar surface area (TPSA) is 66.3 Å². The van der Waals surface area contributed by atoms with Crippen LogP contribution in [0.2, 0.25) is 0 Å². The number of piperidine rings is 1. The second kappa shape index (κ2) is 4.92. The summed E-state index contributed by atoms with van der Waals surface area (Å²) >= 11 is 0. The number of carbonyl (C=O) groups is 1. The predicted molar refractivity (Wildman–Crippen MR) is 68.7 cm³/mol. The van der Waals surface area contributed by atoms with Crippen LogP contribution in [0.1, 0.15) is 31.2 Å². The second-order valence-corrected chi connectivity index (χ2v) is 5.10. The van der Waals surface area contributed by atoms with E-state index in [1.807, 2.05) is 18.7 Å². The molecule has 1 aliphatic rings. The van der Waals surface area contributed by atoms with E-state index in [0.717, 1.165) is 24.4 Å². The van der Waals surface area contributed by atoms with E-state index in [1.165, 1.54) is 0 Å². The molecule has 2 atom stereocenters. The molecule has 18 heavy (non-hydrogen) atoms. The first-order chi connectivity index (χ1) is 8.49. The van der Waals surface area contributed by atoms with E-state index in [1.54, 1.807) is 6.20 Å². The van der Waals surface area contributed by atoms with E-state index in [4.69, 9.17) is 0 Å². The van der Waals surface area contributed by atoms with Crippen molar-refractivity contribution in [2.75, 3.05) is 11.4 Å². The first-order valence-electron chi connectivity index (χ1n) is 6.28. The van der Waals surface area contributed by atoms with Crippen LogP contribution >= 0.6 is 0 Å². The van der Waals surface area contributed by atoms with Crippen LogP contribution < -0.4 is 4.90 Å². The largest absolute Gasteiger partial charge is 0.480 e. The van der Waals surface area contributed by atoms with Crippen LogP contribution in [0.3, 0.4) is 0 Å². The average Bonchev–Trinajstić information content (AvgIpc) is 2.32. The van der Waals surface area contributed by atoms with Crippen LogP contribution in [-0.2, 0) is 4.79 Å². The molecule has 2 heterocycles. The molecular formula is C13H19N3O2. The molecule has 2 unspecified atom stereocenters. The molecule has 1 aliphatic heterocycles. The third kappa shape index (κ3) is 2.44. The zero-order valence-electron chi connectivity index (χ0n) is 11.1. The van der Waals surface area contributed by atoms with Crippen molar-refractivity contribution >= 4 is 11.8 Å². The smallest absolute Gasteiger partial charge is 0.326 e. The van der Waals surface area contributed by atoms with Crippen LogP contribution in [0, 0.1) is 19.8 Å². The van der Waals surface area contributed by atoms with Crippen LogP contribution in [0.25, 0.3) is 0 Å². The van der Waals surface area contributed by atoms with Gasteiger partial charge in [0.15, 0.2) is 5.82 Å². The summed E-state index contributed by atoms with van der Waals surface area (Å²) in [6.07, 6.45) is 3.38. The maximum atomic E-state index is 11.4. The number of hydrogen-bond donors (Lipinski definition) is 1. The number of hydrogen-bond acceptors (Lipinski definition) is 4. The lowest BCUT2D eigenvalue weighted by molar-refractivity contribution is -0.139. The fraction of sp³-hybridized carbons (Fsp3) is 0.615. The highest BCUT2D eigenvalue weighted by molar-refractivity contribution is 5.78. The van der Waals surface area contributed by atoms with Gasteiger partial charge in [-0.15, -0.1) is 0 Å². The third-order valence-corrected chi connectivity index (χ3v) is 3.47. The lowest BCUT2D eigenvalue weighted by atomic mass is 9.92. The highest BCUT2D eigenvalue weighted by Crippen LogP contribution is 2.28. The number of rotatable bonds is 2. The molecular weight excluding hydrogens is 230 g/mol. The minimum atomic E-state index is -0.774. The Labute approximate surface area is 107 Å². The zero-order valence-corrected chi connectivity index (χ0v) is 11.1. The Balaban J connectivity index is 2.35. The van der Waals surface area contributed by atoms with Gasteiger partial charge in [-0.2, -0.15) is 0 Å². The number of anilines is 1. The van der Waals surface area contributed by atoms with Crippen molar-refractivity contribution in [3.63, 3.8) is 0 Å². The van der Waals surface area contributed by atoms with Gasteiger partial charge in [0, 0.05) is 12.7 Å². The number of aryl methyl sites for hydroxylation is 2. The molecule has 1 saturated heterocycles. The number of aromatic nitrogens is 2.